The van der Waals surface area contributed by atoms with Crippen molar-refractivity contribution in [3.63, 3.8) is 0 Å². The fourth-order valence-electron chi connectivity index (χ4n) is 4.08. The van der Waals surface area contributed by atoms with Gasteiger partial charge in [-0.05, 0) is 49.4 Å². The number of fused-ring (bicyclic) bond motifs is 2. The molecule has 2 aliphatic heterocycles. The maximum atomic E-state index is 6.36. The zero-order chi connectivity index (χ0) is 14.2. The molecule has 4 rings (SSSR count). The van der Waals surface area contributed by atoms with E-state index in [9.17, 15) is 0 Å². The van der Waals surface area contributed by atoms with Crippen LogP contribution in [0.1, 0.15) is 30.1 Å². The first-order valence-corrected chi connectivity index (χ1v) is 8.11. The van der Waals surface area contributed by atoms with Gasteiger partial charge in [0.2, 0.25) is 0 Å². The first-order valence-electron chi connectivity index (χ1n) is 7.73. The molecule has 21 heavy (non-hydrogen) atoms. The largest absolute Gasteiger partial charge is 0.291 e. The molecule has 3 heteroatoms. The van der Waals surface area contributed by atoms with E-state index >= 15 is 0 Å². The van der Waals surface area contributed by atoms with Crippen LogP contribution in [-0.2, 0) is 6.42 Å². The molecule has 4 unspecified atom stereocenters. The van der Waals surface area contributed by atoms with Crippen molar-refractivity contribution < 1.29 is 0 Å². The molecular weight excluding hydrogens is 280 g/mol. The smallest absolute Gasteiger partial charge is 0.0761 e. The van der Waals surface area contributed by atoms with Crippen molar-refractivity contribution in [1.29, 1.82) is 0 Å². The molecule has 2 fully saturated rings. The summed E-state index contributed by atoms with van der Waals surface area (Å²) >= 11 is 6.36. The van der Waals surface area contributed by atoms with E-state index < -0.39 is 0 Å². The minimum absolute atomic E-state index is 0.408. The average Bonchev–Trinajstić information content (AvgIpc) is 3.06. The molecule has 2 nitrogen and oxygen atoms in total. The second-order valence-electron chi connectivity index (χ2n) is 6.17. The minimum Gasteiger partial charge on any atom is -0.291 e. The number of benzene rings is 1. The van der Waals surface area contributed by atoms with E-state index in [4.69, 9.17) is 11.6 Å². The summed E-state index contributed by atoms with van der Waals surface area (Å²) in [7, 11) is 0. The molecule has 0 amide bonds. The third-order valence-corrected chi connectivity index (χ3v) is 5.36. The summed E-state index contributed by atoms with van der Waals surface area (Å²) in [5.74, 6) is 0.785. The zero-order valence-electron chi connectivity index (χ0n) is 12.0. The molecule has 0 N–H and O–H groups in total. The molecule has 2 bridgehead atoms. The van der Waals surface area contributed by atoms with Crippen LogP contribution in [0.25, 0.3) is 0 Å². The van der Waals surface area contributed by atoms with Crippen molar-refractivity contribution in [3.05, 3.63) is 64.9 Å². The van der Waals surface area contributed by atoms with Crippen LogP contribution >= 0.6 is 11.6 Å². The Balaban J connectivity index is 1.58. The molecule has 0 radical (unpaired) electrons. The van der Waals surface area contributed by atoms with Crippen LogP contribution in [0.2, 0.25) is 5.02 Å². The Labute approximate surface area is 130 Å². The van der Waals surface area contributed by atoms with Crippen LogP contribution in [0.5, 0.6) is 0 Å². The maximum absolute atomic E-state index is 6.36. The fraction of sp³-hybridized carbons (Fsp3) is 0.389. The molecule has 4 atom stereocenters. The number of piperidine rings is 1. The van der Waals surface area contributed by atoms with Crippen molar-refractivity contribution in [2.45, 2.75) is 31.3 Å². The number of aromatic nitrogens is 1. The summed E-state index contributed by atoms with van der Waals surface area (Å²) in [5, 5.41) is 0.813. The van der Waals surface area contributed by atoms with Gasteiger partial charge in [-0.15, -0.1) is 0 Å². The Morgan fingerprint density at radius 1 is 1.14 bits per heavy atom. The number of nitrogens with zero attached hydrogens (tertiary/aromatic N) is 2. The molecule has 0 aliphatic carbocycles. The summed E-state index contributed by atoms with van der Waals surface area (Å²) < 4.78 is 0. The number of hydrogen-bond donors (Lipinski definition) is 0. The zero-order valence-corrected chi connectivity index (χ0v) is 12.7. The Morgan fingerprint density at radius 2 is 2.00 bits per heavy atom. The van der Waals surface area contributed by atoms with E-state index in [2.05, 4.69) is 40.2 Å². The molecular formula is C18H19ClN2. The minimum atomic E-state index is 0.408. The van der Waals surface area contributed by atoms with Gasteiger partial charge in [-0.25, -0.2) is 0 Å². The standard InChI is InChI=1S/C18H19ClN2/c19-15-7-4-9-20-18(15)17-12-14-8-10-21(17)16(14)11-13-5-2-1-3-6-13/h1-7,9,14,16-17H,8,10-12H2. The molecule has 3 heterocycles. The topological polar surface area (TPSA) is 16.1 Å². The molecule has 0 spiro atoms. The highest BCUT2D eigenvalue weighted by Gasteiger charge is 2.47. The third-order valence-electron chi connectivity index (χ3n) is 5.04. The SMILES string of the molecule is Clc1cccnc1C1CC2CCN1C2Cc1ccccc1. The van der Waals surface area contributed by atoms with Gasteiger partial charge in [0.1, 0.15) is 0 Å². The molecule has 0 saturated carbocycles. The fourth-order valence-corrected chi connectivity index (χ4v) is 4.33. The molecule has 2 saturated heterocycles. The Kier molecular flexibility index (Phi) is 3.44. The number of hydrogen-bond acceptors (Lipinski definition) is 2. The monoisotopic (exact) mass is 298 g/mol. The van der Waals surface area contributed by atoms with Gasteiger partial charge in [-0.2, -0.15) is 0 Å². The van der Waals surface area contributed by atoms with E-state index in [-0.39, 0.29) is 0 Å². The summed E-state index contributed by atoms with van der Waals surface area (Å²) in [6.45, 7) is 1.18. The van der Waals surface area contributed by atoms with Crippen molar-refractivity contribution in [1.82, 2.24) is 9.88 Å². The summed E-state index contributed by atoms with van der Waals surface area (Å²) in [6, 6.07) is 15.8. The third kappa shape index (κ3) is 2.37. The van der Waals surface area contributed by atoms with Crippen LogP contribution in [0.4, 0.5) is 0 Å². The van der Waals surface area contributed by atoms with Crippen LogP contribution in [-0.4, -0.2) is 22.5 Å². The first kappa shape index (κ1) is 13.3. The molecule has 1 aromatic carbocycles. The van der Waals surface area contributed by atoms with Gasteiger partial charge in [-0.3, -0.25) is 9.88 Å². The van der Waals surface area contributed by atoms with Crippen LogP contribution < -0.4 is 0 Å². The molecule has 2 aromatic rings. The predicted octanol–water partition coefficient (Wildman–Crippen LogP) is 4.11. The first-order chi connectivity index (χ1) is 10.3. The van der Waals surface area contributed by atoms with Crippen molar-refractivity contribution in [3.8, 4) is 0 Å². The Morgan fingerprint density at radius 3 is 2.81 bits per heavy atom. The highest BCUT2D eigenvalue weighted by molar-refractivity contribution is 6.31. The van der Waals surface area contributed by atoms with Crippen LogP contribution in [0, 0.1) is 5.92 Å². The van der Waals surface area contributed by atoms with E-state index in [1.807, 2.05) is 18.3 Å². The van der Waals surface area contributed by atoms with Gasteiger partial charge < -0.3 is 0 Å². The predicted molar refractivity (Wildman–Crippen MR) is 85.4 cm³/mol. The second-order valence-corrected chi connectivity index (χ2v) is 6.57. The van der Waals surface area contributed by atoms with Crippen molar-refractivity contribution >= 4 is 11.6 Å². The second kappa shape index (κ2) is 5.43. The lowest BCUT2D eigenvalue weighted by Crippen LogP contribution is -2.30. The lowest BCUT2D eigenvalue weighted by atomic mass is 9.92. The van der Waals surface area contributed by atoms with E-state index in [0.717, 1.165) is 23.1 Å². The van der Waals surface area contributed by atoms with Gasteiger partial charge in [-0.1, -0.05) is 41.9 Å². The van der Waals surface area contributed by atoms with Gasteiger partial charge in [0.15, 0.2) is 0 Å². The van der Waals surface area contributed by atoms with Crippen LogP contribution in [0.15, 0.2) is 48.7 Å². The van der Waals surface area contributed by atoms with Gasteiger partial charge in [0.25, 0.3) is 0 Å². The van der Waals surface area contributed by atoms with Crippen molar-refractivity contribution in [2.24, 2.45) is 5.92 Å². The Hall–Kier alpha value is -1.38. The molecule has 2 aliphatic rings. The van der Waals surface area contributed by atoms with Gasteiger partial charge >= 0.3 is 0 Å². The lowest BCUT2D eigenvalue weighted by Gasteiger charge is -2.27. The van der Waals surface area contributed by atoms with Crippen LogP contribution in [0.3, 0.4) is 0 Å². The lowest BCUT2D eigenvalue weighted by molar-refractivity contribution is 0.218. The molecule has 108 valence electrons. The van der Waals surface area contributed by atoms with Gasteiger partial charge in [0, 0.05) is 12.2 Å². The van der Waals surface area contributed by atoms with E-state index in [0.29, 0.717) is 12.1 Å². The van der Waals surface area contributed by atoms with Crippen molar-refractivity contribution in [2.75, 3.05) is 6.54 Å². The highest BCUT2D eigenvalue weighted by atomic mass is 35.5. The molecule has 1 aromatic heterocycles. The van der Waals surface area contributed by atoms with E-state index in [1.165, 1.54) is 24.9 Å². The Bertz CT molecular complexity index is 628. The number of rotatable bonds is 3. The quantitative estimate of drug-likeness (QED) is 0.847. The summed E-state index contributed by atoms with van der Waals surface area (Å²) in [6.07, 6.45) is 5.53. The number of pyridine rings is 1. The maximum Gasteiger partial charge on any atom is 0.0761 e. The van der Waals surface area contributed by atoms with Gasteiger partial charge in [0.05, 0.1) is 16.8 Å². The highest BCUT2D eigenvalue weighted by Crippen LogP contribution is 2.48. The average molecular weight is 299 g/mol. The van der Waals surface area contributed by atoms with E-state index in [1.54, 1.807) is 0 Å². The normalized spacial score (nSPS) is 30.7. The summed E-state index contributed by atoms with van der Waals surface area (Å²) in [5.41, 5.74) is 2.51. The number of halogens is 1. The summed E-state index contributed by atoms with van der Waals surface area (Å²) in [4.78, 5) is 7.18.